The van der Waals surface area contributed by atoms with Gasteiger partial charge in [0, 0.05) is 18.4 Å². The summed E-state index contributed by atoms with van der Waals surface area (Å²) in [6, 6.07) is 14.5. The van der Waals surface area contributed by atoms with Gasteiger partial charge in [-0.1, -0.05) is 31.2 Å². The van der Waals surface area contributed by atoms with Crippen molar-refractivity contribution in [3.63, 3.8) is 0 Å². The van der Waals surface area contributed by atoms with Gasteiger partial charge in [0.25, 0.3) is 0 Å². The Morgan fingerprint density at radius 1 is 1.14 bits per heavy atom. The molecular weight excluding hydrogens is 260 g/mol. The second-order valence-electron chi connectivity index (χ2n) is 5.17. The molecule has 3 heteroatoms. The smallest absolute Gasteiger partial charge is 0.119 e. The summed E-state index contributed by atoms with van der Waals surface area (Å²) in [6.45, 7) is 3.95. The molecule has 0 aliphatic rings. The third kappa shape index (κ3) is 5.96. The number of hydrogen-bond donors (Lipinski definition) is 1. The van der Waals surface area contributed by atoms with E-state index in [2.05, 4.69) is 23.3 Å². The minimum absolute atomic E-state index is 0.429. The second-order valence-corrected chi connectivity index (χ2v) is 5.17. The van der Waals surface area contributed by atoms with Crippen molar-refractivity contribution in [1.29, 1.82) is 0 Å². The molecule has 0 spiro atoms. The first-order valence-electron chi connectivity index (χ1n) is 7.68. The van der Waals surface area contributed by atoms with Crippen LogP contribution in [0.1, 0.15) is 25.3 Å². The van der Waals surface area contributed by atoms with Gasteiger partial charge in [0.05, 0.1) is 6.61 Å². The van der Waals surface area contributed by atoms with Crippen molar-refractivity contribution < 1.29 is 4.74 Å². The number of rotatable bonds is 9. The zero-order valence-corrected chi connectivity index (χ0v) is 12.7. The molecule has 1 heterocycles. The molecule has 1 atom stereocenters. The lowest BCUT2D eigenvalue weighted by Gasteiger charge is -2.18. The first-order chi connectivity index (χ1) is 10.4. The van der Waals surface area contributed by atoms with Crippen molar-refractivity contribution in [2.24, 2.45) is 0 Å². The molecule has 0 aliphatic heterocycles. The standard InChI is InChI=1S/C18H24N2O/c1-2-11-20-17(14-16-7-6-12-19-15-16)10-13-21-18-8-4-3-5-9-18/h3-9,12,15,17,20H,2,10-11,13-14H2,1H3. The Morgan fingerprint density at radius 2 is 2.00 bits per heavy atom. The molecule has 0 radical (unpaired) electrons. The topological polar surface area (TPSA) is 34.1 Å². The lowest BCUT2D eigenvalue weighted by molar-refractivity contribution is 0.284. The number of ether oxygens (including phenoxy) is 1. The summed E-state index contributed by atoms with van der Waals surface area (Å²) in [7, 11) is 0. The van der Waals surface area contributed by atoms with E-state index < -0.39 is 0 Å². The number of nitrogens with one attached hydrogen (secondary N) is 1. The molecule has 21 heavy (non-hydrogen) atoms. The predicted octanol–water partition coefficient (Wildman–Crippen LogP) is 3.46. The van der Waals surface area contributed by atoms with Crippen molar-refractivity contribution in [1.82, 2.24) is 10.3 Å². The fourth-order valence-corrected chi connectivity index (χ4v) is 2.26. The van der Waals surface area contributed by atoms with E-state index >= 15 is 0 Å². The van der Waals surface area contributed by atoms with Gasteiger partial charge in [-0.15, -0.1) is 0 Å². The molecule has 1 unspecified atom stereocenters. The average Bonchev–Trinajstić information content (AvgIpc) is 2.54. The van der Waals surface area contributed by atoms with E-state index in [4.69, 9.17) is 4.74 Å². The fraction of sp³-hybridized carbons (Fsp3) is 0.389. The highest BCUT2D eigenvalue weighted by Gasteiger charge is 2.09. The van der Waals surface area contributed by atoms with Crippen LogP contribution >= 0.6 is 0 Å². The molecule has 2 aromatic rings. The van der Waals surface area contributed by atoms with Crippen LogP contribution in [0.3, 0.4) is 0 Å². The van der Waals surface area contributed by atoms with E-state index in [1.807, 2.05) is 48.8 Å². The van der Waals surface area contributed by atoms with Gasteiger partial charge >= 0.3 is 0 Å². The van der Waals surface area contributed by atoms with Gasteiger partial charge in [0.2, 0.25) is 0 Å². The Bertz CT molecular complexity index is 487. The van der Waals surface area contributed by atoms with Crippen LogP contribution < -0.4 is 10.1 Å². The van der Waals surface area contributed by atoms with E-state index in [1.54, 1.807) is 0 Å². The molecule has 1 aromatic heterocycles. The summed E-state index contributed by atoms with van der Waals surface area (Å²) in [5.74, 6) is 0.938. The van der Waals surface area contributed by atoms with E-state index in [1.165, 1.54) is 5.56 Å². The molecule has 0 aliphatic carbocycles. The number of hydrogen-bond acceptors (Lipinski definition) is 3. The molecule has 112 valence electrons. The van der Waals surface area contributed by atoms with Gasteiger partial charge in [0.1, 0.15) is 5.75 Å². The first-order valence-corrected chi connectivity index (χ1v) is 7.68. The Labute approximate surface area is 127 Å². The third-order valence-electron chi connectivity index (χ3n) is 3.37. The SMILES string of the molecule is CCCNC(CCOc1ccccc1)Cc1cccnc1. The summed E-state index contributed by atoms with van der Waals surface area (Å²) in [5, 5.41) is 3.60. The predicted molar refractivity (Wildman–Crippen MR) is 86.6 cm³/mol. The molecule has 0 saturated carbocycles. The number of pyridine rings is 1. The Morgan fingerprint density at radius 3 is 2.71 bits per heavy atom. The largest absolute Gasteiger partial charge is 0.494 e. The maximum absolute atomic E-state index is 5.80. The molecule has 0 fully saturated rings. The first kappa shape index (κ1) is 15.5. The maximum Gasteiger partial charge on any atom is 0.119 e. The molecule has 0 amide bonds. The Balaban J connectivity index is 1.81. The number of nitrogens with zero attached hydrogens (tertiary/aromatic N) is 1. The third-order valence-corrected chi connectivity index (χ3v) is 3.37. The van der Waals surface area contributed by atoms with Crippen molar-refractivity contribution in [2.45, 2.75) is 32.2 Å². The Hall–Kier alpha value is -1.87. The van der Waals surface area contributed by atoms with Crippen LogP contribution in [-0.4, -0.2) is 24.2 Å². The summed E-state index contributed by atoms with van der Waals surface area (Å²) >= 11 is 0. The normalized spacial score (nSPS) is 12.0. The van der Waals surface area contributed by atoms with E-state index in [0.29, 0.717) is 6.04 Å². The lowest BCUT2D eigenvalue weighted by atomic mass is 10.1. The second kappa shape index (κ2) is 9.14. The van der Waals surface area contributed by atoms with Gasteiger partial charge in [-0.05, 0) is 49.6 Å². The molecule has 0 saturated heterocycles. The molecule has 1 N–H and O–H groups in total. The maximum atomic E-state index is 5.80. The van der Waals surface area contributed by atoms with Gasteiger partial charge < -0.3 is 10.1 Å². The van der Waals surface area contributed by atoms with Crippen LogP contribution in [0.2, 0.25) is 0 Å². The average molecular weight is 284 g/mol. The summed E-state index contributed by atoms with van der Waals surface area (Å²) < 4.78 is 5.80. The van der Waals surface area contributed by atoms with Crippen molar-refractivity contribution >= 4 is 0 Å². The van der Waals surface area contributed by atoms with E-state index in [0.717, 1.165) is 38.2 Å². The van der Waals surface area contributed by atoms with Crippen LogP contribution in [-0.2, 0) is 6.42 Å². The van der Waals surface area contributed by atoms with E-state index in [-0.39, 0.29) is 0 Å². The number of para-hydroxylation sites is 1. The minimum atomic E-state index is 0.429. The highest BCUT2D eigenvalue weighted by molar-refractivity contribution is 5.20. The zero-order chi connectivity index (χ0) is 14.8. The van der Waals surface area contributed by atoms with Crippen LogP contribution in [0, 0.1) is 0 Å². The number of aromatic nitrogens is 1. The lowest BCUT2D eigenvalue weighted by Crippen LogP contribution is -2.33. The molecule has 3 nitrogen and oxygen atoms in total. The van der Waals surface area contributed by atoms with Crippen molar-refractivity contribution in [2.75, 3.05) is 13.2 Å². The molecule has 2 rings (SSSR count). The van der Waals surface area contributed by atoms with Crippen LogP contribution in [0.15, 0.2) is 54.9 Å². The summed E-state index contributed by atoms with van der Waals surface area (Å²) in [5.41, 5.74) is 1.27. The molecule has 1 aromatic carbocycles. The monoisotopic (exact) mass is 284 g/mol. The zero-order valence-electron chi connectivity index (χ0n) is 12.7. The highest BCUT2D eigenvalue weighted by atomic mass is 16.5. The van der Waals surface area contributed by atoms with Crippen LogP contribution in [0.4, 0.5) is 0 Å². The van der Waals surface area contributed by atoms with Gasteiger partial charge in [0.15, 0.2) is 0 Å². The van der Waals surface area contributed by atoms with Gasteiger partial charge in [-0.3, -0.25) is 4.98 Å². The van der Waals surface area contributed by atoms with Crippen molar-refractivity contribution in [3.8, 4) is 5.75 Å². The number of benzene rings is 1. The molecular formula is C18H24N2O. The van der Waals surface area contributed by atoms with Crippen LogP contribution in [0.25, 0.3) is 0 Å². The fourth-order valence-electron chi connectivity index (χ4n) is 2.26. The van der Waals surface area contributed by atoms with Gasteiger partial charge in [-0.25, -0.2) is 0 Å². The van der Waals surface area contributed by atoms with Crippen molar-refractivity contribution in [3.05, 3.63) is 60.4 Å². The minimum Gasteiger partial charge on any atom is -0.494 e. The quantitative estimate of drug-likeness (QED) is 0.765. The van der Waals surface area contributed by atoms with Gasteiger partial charge in [-0.2, -0.15) is 0 Å². The summed E-state index contributed by atoms with van der Waals surface area (Å²) in [4.78, 5) is 4.19. The Kier molecular flexibility index (Phi) is 6.75. The highest BCUT2D eigenvalue weighted by Crippen LogP contribution is 2.10. The van der Waals surface area contributed by atoms with E-state index in [9.17, 15) is 0 Å². The van der Waals surface area contributed by atoms with Crippen LogP contribution in [0.5, 0.6) is 5.75 Å². The molecule has 0 bridgehead atoms. The summed E-state index contributed by atoms with van der Waals surface area (Å²) in [6.07, 6.45) is 6.88.